The van der Waals surface area contributed by atoms with Crippen LogP contribution in [0.5, 0.6) is 5.75 Å². The molecule has 3 aromatic rings. The molecule has 1 aromatic carbocycles. The highest BCUT2D eigenvalue weighted by atomic mass is 16.5. The van der Waals surface area contributed by atoms with E-state index in [0.717, 1.165) is 36.6 Å². The molecule has 1 aliphatic heterocycles. The summed E-state index contributed by atoms with van der Waals surface area (Å²) in [5.41, 5.74) is 1.81. The zero-order chi connectivity index (χ0) is 19.9. The van der Waals surface area contributed by atoms with Crippen molar-refractivity contribution in [2.45, 2.75) is 19.5 Å². The molecule has 1 unspecified atom stereocenters. The van der Waals surface area contributed by atoms with Crippen molar-refractivity contribution in [2.75, 3.05) is 19.8 Å². The predicted molar refractivity (Wildman–Crippen MR) is 107 cm³/mol. The smallest absolute Gasteiger partial charge is 0.290 e. The Kier molecular flexibility index (Phi) is 6.22. The molecule has 0 aliphatic carbocycles. The van der Waals surface area contributed by atoms with Crippen molar-refractivity contribution in [1.82, 2.24) is 9.88 Å². The van der Waals surface area contributed by atoms with Gasteiger partial charge in [-0.1, -0.05) is 18.2 Å². The van der Waals surface area contributed by atoms with Gasteiger partial charge in [0.15, 0.2) is 5.76 Å². The average Bonchev–Trinajstić information content (AvgIpc) is 3.47. The van der Waals surface area contributed by atoms with Crippen LogP contribution >= 0.6 is 0 Å². The second kappa shape index (κ2) is 9.39. The fourth-order valence-electron chi connectivity index (χ4n) is 3.33. The van der Waals surface area contributed by atoms with Crippen molar-refractivity contribution >= 4 is 5.91 Å². The lowest BCUT2D eigenvalue weighted by Crippen LogP contribution is -2.30. The molecule has 0 spiro atoms. The van der Waals surface area contributed by atoms with Gasteiger partial charge in [-0.05, 0) is 48.4 Å². The number of ether oxygens (including phenoxy) is 2. The largest absolute Gasteiger partial charge is 0.493 e. The normalized spacial score (nSPS) is 15.9. The van der Waals surface area contributed by atoms with Crippen molar-refractivity contribution in [3.8, 4) is 5.75 Å². The van der Waals surface area contributed by atoms with Gasteiger partial charge < -0.3 is 18.8 Å². The molecular weight excluding hydrogens is 368 g/mol. The molecule has 1 amide bonds. The van der Waals surface area contributed by atoms with Gasteiger partial charge in [-0.15, -0.1) is 0 Å². The molecule has 1 fully saturated rings. The highest BCUT2D eigenvalue weighted by Crippen LogP contribution is 2.20. The molecule has 6 nitrogen and oxygen atoms in total. The number of pyridine rings is 1. The fraction of sp³-hybridized carbons (Fsp3) is 0.304. The fourth-order valence-corrected chi connectivity index (χ4v) is 3.33. The minimum absolute atomic E-state index is 0.171. The Balaban J connectivity index is 1.47. The van der Waals surface area contributed by atoms with Crippen LogP contribution in [0, 0.1) is 5.92 Å². The first-order chi connectivity index (χ1) is 14.3. The van der Waals surface area contributed by atoms with Gasteiger partial charge >= 0.3 is 0 Å². The standard InChI is InChI=1S/C23H24N2O4/c26-23(22-8-4-11-28-22)25(15-20-6-1-2-10-24-20)14-18-5-3-7-21(13-18)29-17-19-9-12-27-16-19/h1-8,10-11,13,19H,9,12,14-17H2. The number of carbonyl (C=O) groups is 1. The van der Waals surface area contributed by atoms with E-state index in [1.807, 2.05) is 42.5 Å². The lowest BCUT2D eigenvalue weighted by molar-refractivity contribution is 0.0695. The topological polar surface area (TPSA) is 64.8 Å². The maximum atomic E-state index is 13.0. The quantitative estimate of drug-likeness (QED) is 0.581. The summed E-state index contributed by atoms with van der Waals surface area (Å²) in [5.74, 6) is 1.39. The van der Waals surface area contributed by atoms with Gasteiger partial charge in [-0.2, -0.15) is 0 Å². The Morgan fingerprint density at radius 3 is 2.86 bits per heavy atom. The van der Waals surface area contributed by atoms with Crippen LogP contribution in [0.4, 0.5) is 0 Å². The second-order valence-corrected chi connectivity index (χ2v) is 7.15. The molecule has 2 aromatic heterocycles. The van der Waals surface area contributed by atoms with E-state index in [1.165, 1.54) is 6.26 Å². The third kappa shape index (κ3) is 5.23. The highest BCUT2D eigenvalue weighted by molar-refractivity contribution is 5.91. The van der Waals surface area contributed by atoms with Gasteiger partial charge in [-0.25, -0.2) is 0 Å². The van der Waals surface area contributed by atoms with Gasteiger partial charge in [0.2, 0.25) is 0 Å². The Morgan fingerprint density at radius 1 is 1.14 bits per heavy atom. The van der Waals surface area contributed by atoms with Crippen LogP contribution in [0.25, 0.3) is 0 Å². The van der Waals surface area contributed by atoms with Crippen LogP contribution in [0.1, 0.15) is 28.2 Å². The predicted octanol–water partition coefficient (Wildman–Crippen LogP) is 3.93. The van der Waals surface area contributed by atoms with E-state index >= 15 is 0 Å². The summed E-state index contributed by atoms with van der Waals surface area (Å²) in [6.45, 7) is 3.04. The Labute approximate surface area is 170 Å². The molecule has 1 aliphatic rings. The second-order valence-electron chi connectivity index (χ2n) is 7.15. The Morgan fingerprint density at radius 2 is 2.10 bits per heavy atom. The third-order valence-corrected chi connectivity index (χ3v) is 4.88. The van der Waals surface area contributed by atoms with Crippen molar-refractivity contribution in [3.05, 3.63) is 84.1 Å². The molecule has 150 valence electrons. The molecule has 0 saturated carbocycles. The van der Waals surface area contributed by atoms with Gasteiger partial charge in [-0.3, -0.25) is 9.78 Å². The zero-order valence-corrected chi connectivity index (χ0v) is 16.2. The summed E-state index contributed by atoms with van der Waals surface area (Å²) in [4.78, 5) is 19.0. The molecule has 1 atom stereocenters. The van der Waals surface area contributed by atoms with E-state index in [-0.39, 0.29) is 5.91 Å². The zero-order valence-electron chi connectivity index (χ0n) is 16.2. The molecule has 0 N–H and O–H groups in total. The van der Waals surface area contributed by atoms with Gasteiger partial charge in [0.05, 0.1) is 31.7 Å². The summed E-state index contributed by atoms with van der Waals surface area (Å²) in [5, 5.41) is 0. The number of carbonyl (C=O) groups excluding carboxylic acids is 1. The molecule has 0 bridgehead atoms. The SMILES string of the molecule is O=C(c1ccco1)N(Cc1cccc(OCC2CCOC2)c1)Cc1ccccn1. The molecule has 29 heavy (non-hydrogen) atoms. The number of furan rings is 1. The van der Waals surface area contributed by atoms with Crippen LogP contribution in [-0.4, -0.2) is 35.6 Å². The minimum atomic E-state index is -0.171. The average molecular weight is 392 g/mol. The van der Waals surface area contributed by atoms with Gasteiger partial charge in [0.25, 0.3) is 5.91 Å². The van der Waals surface area contributed by atoms with Crippen molar-refractivity contribution < 1.29 is 18.7 Å². The number of nitrogens with zero attached hydrogens (tertiary/aromatic N) is 2. The van der Waals surface area contributed by atoms with Crippen LogP contribution < -0.4 is 4.74 Å². The van der Waals surface area contributed by atoms with Gasteiger partial charge in [0.1, 0.15) is 5.75 Å². The van der Waals surface area contributed by atoms with Crippen molar-refractivity contribution in [2.24, 2.45) is 5.92 Å². The van der Waals surface area contributed by atoms with Crippen molar-refractivity contribution in [3.63, 3.8) is 0 Å². The lowest BCUT2D eigenvalue weighted by atomic mass is 10.1. The van der Waals surface area contributed by atoms with Crippen LogP contribution in [0.2, 0.25) is 0 Å². The monoisotopic (exact) mass is 392 g/mol. The number of hydrogen-bond donors (Lipinski definition) is 0. The minimum Gasteiger partial charge on any atom is -0.493 e. The Hall–Kier alpha value is -3.12. The van der Waals surface area contributed by atoms with E-state index in [2.05, 4.69) is 4.98 Å². The molecular formula is C23H24N2O4. The molecule has 6 heteroatoms. The number of hydrogen-bond acceptors (Lipinski definition) is 5. The van der Waals surface area contributed by atoms with Crippen molar-refractivity contribution in [1.29, 1.82) is 0 Å². The van der Waals surface area contributed by atoms with Gasteiger partial charge in [0, 0.05) is 25.3 Å². The molecule has 4 rings (SSSR count). The summed E-state index contributed by atoms with van der Waals surface area (Å²) < 4.78 is 16.7. The Bertz CT molecular complexity index is 906. The maximum absolute atomic E-state index is 13.0. The molecule has 1 saturated heterocycles. The summed E-state index contributed by atoms with van der Waals surface area (Å²) in [7, 11) is 0. The number of amides is 1. The van der Waals surface area contributed by atoms with E-state index < -0.39 is 0 Å². The van der Waals surface area contributed by atoms with E-state index in [0.29, 0.717) is 31.4 Å². The maximum Gasteiger partial charge on any atom is 0.290 e. The summed E-state index contributed by atoms with van der Waals surface area (Å²) in [6.07, 6.45) is 4.27. The van der Waals surface area contributed by atoms with E-state index in [4.69, 9.17) is 13.9 Å². The van der Waals surface area contributed by atoms with Crippen LogP contribution in [0.3, 0.4) is 0 Å². The first-order valence-electron chi connectivity index (χ1n) is 9.80. The lowest BCUT2D eigenvalue weighted by Gasteiger charge is -2.22. The van der Waals surface area contributed by atoms with Crippen LogP contribution in [0.15, 0.2) is 71.5 Å². The first kappa shape index (κ1) is 19.2. The first-order valence-corrected chi connectivity index (χ1v) is 9.80. The van der Waals surface area contributed by atoms with E-state index in [9.17, 15) is 4.79 Å². The van der Waals surface area contributed by atoms with E-state index in [1.54, 1.807) is 23.2 Å². The number of aromatic nitrogens is 1. The molecule has 3 heterocycles. The highest BCUT2D eigenvalue weighted by Gasteiger charge is 2.20. The number of rotatable bonds is 8. The summed E-state index contributed by atoms with van der Waals surface area (Å²) in [6, 6.07) is 16.9. The third-order valence-electron chi connectivity index (χ3n) is 4.88. The summed E-state index contributed by atoms with van der Waals surface area (Å²) >= 11 is 0. The molecule has 0 radical (unpaired) electrons. The number of benzene rings is 1. The van der Waals surface area contributed by atoms with Crippen LogP contribution in [-0.2, 0) is 17.8 Å².